The van der Waals surface area contributed by atoms with Gasteiger partial charge >= 0.3 is 0 Å². The lowest BCUT2D eigenvalue weighted by Gasteiger charge is -2.20. The molecule has 0 saturated heterocycles. The van der Waals surface area contributed by atoms with Gasteiger partial charge in [0.15, 0.2) is 0 Å². The molecule has 1 aromatic rings. The molecule has 0 N–H and O–H groups in total. The van der Waals surface area contributed by atoms with Crippen LogP contribution in [0.3, 0.4) is 0 Å². The monoisotopic (exact) mass is 178 g/mol. The largest absolute Gasteiger partial charge is 0.496 e. The molecule has 0 amide bonds. The first kappa shape index (κ1) is 8.42. The summed E-state index contributed by atoms with van der Waals surface area (Å²) in [5, 5.41) is 0. The highest BCUT2D eigenvalue weighted by Gasteiger charge is 2.15. The lowest BCUT2D eigenvalue weighted by Crippen LogP contribution is -2.09. The lowest BCUT2D eigenvalue weighted by molar-refractivity contribution is 0.282. The first-order chi connectivity index (χ1) is 6.31. The number of fused-ring (bicyclic) bond motifs is 1. The third-order valence-corrected chi connectivity index (χ3v) is 2.36. The molecular formula is C11H14O2. The molecule has 1 aliphatic rings. The standard InChI is InChI=1S/C11H14O2/c1-8-6-10(12-2)9-4-3-5-13-11(9)7-8/h6-7H,3-5H2,1-2H3. The zero-order chi connectivity index (χ0) is 9.26. The van der Waals surface area contributed by atoms with Crippen LogP contribution in [0, 0.1) is 6.92 Å². The van der Waals surface area contributed by atoms with Gasteiger partial charge in [0.1, 0.15) is 11.5 Å². The minimum atomic E-state index is 0.833. The molecule has 1 aromatic carbocycles. The Kier molecular flexibility index (Phi) is 2.13. The topological polar surface area (TPSA) is 18.5 Å². The molecule has 13 heavy (non-hydrogen) atoms. The normalized spacial score (nSPS) is 14.6. The highest BCUT2D eigenvalue weighted by molar-refractivity contribution is 5.48. The molecule has 0 unspecified atom stereocenters. The van der Waals surface area contributed by atoms with E-state index in [9.17, 15) is 0 Å². The van der Waals surface area contributed by atoms with Crippen LogP contribution in [0.4, 0.5) is 0 Å². The Labute approximate surface area is 78.5 Å². The average Bonchev–Trinajstić information content (AvgIpc) is 2.16. The van der Waals surface area contributed by atoms with Crippen molar-refractivity contribution < 1.29 is 9.47 Å². The highest BCUT2D eigenvalue weighted by Crippen LogP contribution is 2.33. The number of methoxy groups -OCH3 is 1. The molecule has 0 atom stereocenters. The SMILES string of the molecule is COc1cc(C)cc2c1CCCO2. The highest BCUT2D eigenvalue weighted by atomic mass is 16.5. The Bertz CT molecular complexity index is 301. The summed E-state index contributed by atoms with van der Waals surface area (Å²) < 4.78 is 10.9. The maximum absolute atomic E-state index is 5.57. The molecule has 0 bridgehead atoms. The van der Waals surface area contributed by atoms with Crippen LogP contribution in [0.2, 0.25) is 0 Å². The molecule has 0 radical (unpaired) electrons. The third-order valence-electron chi connectivity index (χ3n) is 2.36. The lowest BCUT2D eigenvalue weighted by atomic mass is 10.0. The molecule has 0 aliphatic carbocycles. The van der Waals surface area contributed by atoms with Crippen molar-refractivity contribution in [1.29, 1.82) is 0 Å². The molecule has 2 nitrogen and oxygen atoms in total. The van der Waals surface area contributed by atoms with Crippen molar-refractivity contribution in [3.63, 3.8) is 0 Å². The van der Waals surface area contributed by atoms with Crippen molar-refractivity contribution in [2.45, 2.75) is 19.8 Å². The summed E-state index contributed by atoms with van der Waals surface area (Å²) in [4.78, 5) is 0. The minimum absolute atomic E-state index is 0.833. The summed E-state index contributed by atoms with van der Waals surface area (Å²) in [5.41, 5.74) is 2.41. The summed E-state index contributed by atoms with van der Waals surface area (Å²) in [7, 11) is 1.71. The number of ether oxygens (including phenoxy) is 2. The van der Waals surface area contributed by atoms with Gasteiger partial charge in [-0.05, 0) is 37.5 Å². The summed E-state index contributed by atoms with van der Waals surface area (Å²) >= 11 is 0. The van der Waals surface area contributed by atoms with Crippen LogP contribution < -0.4 is 9.47 Å². The van der Waals surface area contributed by atoms with Crippen LogP contribution in [0.25, 0.3) is 0 Å². The summed E-state index contributed by atoms with van der Waals surface area (Å²) in [5.74, 6) is 1.97. The maximum Gasteiger partial charge on any atom is 0.126 e. The quantitative estimate of drug-likeness (QED) is 0.657. The molecule has 0 fully saturated rings. The van der Waals surface area contributed by atoms with Crippen molar-refractivity contribution in [3.8, 4) is 11.5 Å². The Hall–Kier alpha value is -1.18. The van der Waals surface area contributed by atoms with Gasteiger partial charge in [0, 0.05) is 5.56 Å². The Morgan fingerprint density at radius 1 is 1.38 bits per heavy atom. The fourth-order valence-electron chi connectivity index (χ4n) is 1.74. The van der Waals surface area contributed by atoms with Crippen LogP contribution in [0.15, 0.2) is 12.1 Å². The van der Waals surface area contributed by atoms with Crippen molar-refractivity contribution in [2.75, 3.05) is 13.7 Å². The second-order valence-corrected chi connectivity index (χ2v) is 3.40. The van der Waals surface area contributed by atoms with Crippen LogP contribution in [-0.4, -0.2) is 13.7 Å². The van der Waals surface area contributed by atoms with E-state index in [1.807, 2.05) is 0 Å². The predicted octanol–water partition coefficient (Wildman–Crippen LogP) is 2.33. The van der Waals surface area contributed by atoms with E-state index in [1.54, 1.807) is 7.11 Å². The molecule has 1 aliphatic heterocycles. The van der Waals surface area contributed by atoms with Gasteiger partial charge in [-0.25, -0.2) is 0 Å². The molecule has 70 valence electrons. The van der Waals surface area contributed by atoms with Gasteiger partial charge in [-0.1, -0.05) is 0 Å². The van der Waals surface area contributed by atoms with E-state index in [-0.39, 0.29) is 0 Å². The van der Waals surface area contributed by atoms with Crippen molar-refractivity contribution in [1.82, 2.24) is 0 Å². The van der Waals surface area contributed by atoms with Crippen molar-refractivity contribution in [2.24, 2.45) is 0 Å². The molecular weight excluding hydrogens is 164 g/mol. The third kappa shape index (κ3) is 1.48. The fraction of sp³-hybridized carbons (Fsp3) is 0.455. The van der Waals surface area contributed by atoms with Gasteiger partial charge < -0.3 is 9.47 Å². The second kappa shape index (κ2) is 3.29. The second-order valence-electron chi connectivity index (χ2n) is 3.40. The molecule has 0 aromatic heterocycles. The van der Waals surface area contributed by atoms with E-state index in [4.69, 9.17) is 9.47 Å². The van der Waals surface area contributed by atoms with Gasteiger partial charge in [-0.3, -0.25) is 0 Å². The van der Waals surface area contributed by atoms with Crippen molar-refractivity contribution >= 4 is 0 Å². The van der Waals surface area contributed by atoms with E-state index < -0.39 is 0 Å². The summed E-state index contributed by atoms with van der Waals surface area (Å²) in [6.07, 6.45) is 2.16. The average molecular weight is 178 g/mol. The fourth-order valence-corrected chi connectivity index (χ4v) is 1.74. The minimum Gasteiger partial charge on any atom is -0.496 e. The van der Waals surface area contributed by atoms with Gasteiger partial charge in [0.25, 0.3) is 0 Å². The van der Waals surface area contributed by atoms with Crippen molar-refractivity contribution in [3.05, 3.63) is 23.3 Å². The van der Waals surface area contributed by atoms with Crippen LogP contribution in [0.1, 0.15) is 17.5 Å². The summed E-state index contributed by atoms with van der Waals surface area (Å²) in [6.45, 7) is 2.89. The molecule has 1 heterocycles. The molecule has 0 saturated carbocycles. The van der Waals surface area contributed by atoms with E-state index in [0.717, 1.165) is 30.9 Å². The van der Waals surface area contributed by atoms with E-state index in [2.05, 4.69) is 19.1 Å². The number of aryl methyl sites for hydroxylation is 1. The van der Waals surface area contributed by atoms with Gasteiger partial charge in [-0.2, -0.15) is 0 Å². The van der Waals surface area contributed by atoms with E-state index in [0.29, 0.717) is 0 Å². The molecule has 2 heteroatoms. The Balaban J connectivity index is 2.50. The smallest absolute Gasteiger partial charge is 0.126 e. The summed E-state index contributed by atoms with van der Waals surface area (Å²) in [6, 6.07) is 4.14. The first-order valence-electron chi connectivity index (χ1n) is 4.61. The zero-order valence-electron chi connectivity index (χ0n) is 8.09. The molecule has 2 rings (SSSR count). The van der Waals surface area contributed by atoms with E-state index >= 15 is 0 Å². The maximum atomic E-state index is 5.57. The number of hydrogen-bond acceptors (Lipinski definition) is 2. The number of benzene rings is 1. The zero-order valence-corrected chi connectivity index (χ0v) is 8.09. The Morgan fingerprint density at radius 2 is 2.23 bits per heavy atom. The van der Waals surface area contributed by atoms with Crippen LogP contribution in [-0.2, 0) is 6.42 Å². The Morgan fingerprint density at radius 3 is 3.00 bits per heavy atom. The van der Waals surface area contributed by atoms with Gasteiger partial charge in [-0.15, -0.1) is 0 Å². The van der Waals surface area contributed by atoms with E-state index in [1.165, 1.54) is 11.1 Å². The van der Waals surface area contributed by atoms with Gasteiger partial charge in [0.05, 0.1) is 13.7 Å². The predicted molar refractivity (Wildman–Crippen MR) is 51.5 cm³/mol. The van der Waals surface area contributed by atoms with Crippen LogP contribution in [0.5, 0.6) is 11.5 Å². The first-order valence-corrected chi connectivity index (χ1v) is 4.61. The number of rotatable bonds is 1. The van der Waals surface area contributed by atoms with Crippen LogP contribution >= 0.6 is 0 Å². The van der Waals surface area contributed by atoms with Gasteiger partial charge in [0.2, 0.25) is 0 Å². The molecule has 0 spiro atoms. The number of hydrogen-bond donors (Lipinski definition) is 0.